The Morgan fingerprint density at radius 3 is 2.80 bits per heavy atom. The number of nitrogens with zero attached hydrogens (tertiary/aromatic N) is 1. The van der Waals surface area contributed by atoms with Crippen molar-refractivity contribution in [3.05, 3.63) is 36.0 Å². The Hall–Kier alpha value is -2.10. The molecule has 4 heteroatoms. The van der Waals surface area contributed by atoms with Gasteiger partial charge < -0.3 is 10.6 Å². The molecule has 0 spiro atoms. The van der Waals surface area contributed by atoms with Crippen LogP contribution in [0, 0.1) is 6.92 Å². The van der Waals surface area contributed by atoms with Crippen LogP contribution in [0.2, 0.25) is 0 Å². The van der Waals surface area contributed by atoms with E-state index in [9.17, 15) is 4.79 Å². The van der Waals surface area contributed by atoms with Crippen molar-refractivity contribution >= 4 is 22.6 Å². The first-order chi connectivity index (χ1) is 9.72. The van der Waals surface area contributed by atoms with Crippen LogP contribution in [0.3, 0.4) is 0 Å². The number of pyridine rings is 1. The van der Waals surface area contributed by atoms with Crippen molar-refractivity contribution < 1.29 is 4.79 Å². The van der Waals surface area contributed by atoms with Gasteiger partial charge in [0.15, 0.2) is 0 Å². The molecule has 1 fully saturated rings. The average molecular weight is 269 g/mol. The molecular formula is C16H19N3O. The van der Waals surface area contributed by atoms with Crippen LogP contribution in [-0.2, 0) is 0 Å². The quantitative estimate of drug-likeness (QED) is 0.875. The van der Waals surface area contributed by atoms with Crippen LogP contribution in [0.4, 0.5) is 10.5 Å². The number of anilines is 1. The Bertz CT molecular complexity index is 633. The first-order valence-electron chi connectivity index (χ1n) is 7.16. The Kier molecular flexibility index (Phi) is 3.54. The van der Waals surface area contributed by atoms with Crippen LogP contribution < -0.4 is 10.6 Å². The summed E-state index contributed by atoms with van der Waals surface area (Å²) >= 11 is 0. The number of fused-ring (bicyclic) bond motifs is 1. The lowest BCUT2D eigenvalue weighted by molar-refractivity contribution is 0.248. The van der Waals surface area contributed by atoms with E-state index in [2.05, 4.69) is 15.6 Å². The maximum atomic E-state index is 12.1. The number of amides is 2. The molecule has 3 rings (SSSR count). The van der Waals surface area contributed by atoms with E-state index in [1.54, 1.807) is 0 Å². The molecule has 1 heterocycles. The van der Waals surface area contributed by atoms with Crippen molar-refractivity contribution in [2.75, 3.05) is 5.32 Å². The zero-order valence-corrected chi connectivity index (χ0v) is 11.6. The summed E-state index contributed by atoms with van der Waals surface area (Å²) in [6.07, 6.45) is 4.59. The number of hydrogen-bond donors (Lipinski definition) is 2. The highest BCUT2D eigenvalue weighted by Gasteiger charge is 2.17. The Morgan fingerprint density at radius 1 is 1.25 bits per heavy atom. The summed E-state index contributed by atoms with van der Waals surface area (Å²) in [5.41, 5.74) is 2.63. The van der Waals surface area contributed by atoms with Gasteiger partial charge in [-0.1, -0.05) is 31.0 Å². The van der Waals surface area contributed by atoms with Crippen molar-refractivity contribution in [2.45, 2.75) is 38.6 Å². The maximum Gasteiger partial charge on any atom is 0.319 e. The highest BCUT2D eigenvalue weighted by Crippen LogP contribution is 2.23. The molecule has 0 aliphatic heterocycles. The number of urea groups is 1. The summed E-state index contributed by atoms with van der Waals surface area (Å²) in [6, 6.07) is 9.97. The van der Waals surface area contributed by atoms with Gasteiger partial charge in [0.2, 0.25) is 0 Å². The fraction of sp³-hybridized carbons (Fsp3) is 0.375. The molecule has 0 saturated heterocycles. The number of nitrogens with one attached hydrogen (secondary N) is 2. The third-order valence-corrected chi connectivity index (χ3v) is 3.78. The second-order valence-corrected chi connectivity index (χ2v) is 5.41. The molecule has 0 unspecified atom stereocenters. The SMILES string of the molecule is Cc1cc(NC(=O)NC2CCCC2)c2ccccc2n1. The van der Waals surface area contributed by atoms with Gasteiger partial charge in [0, 0.05) is 17.1 Å². The van der Waals surface area contributed by atoms with Crippen LogP contribution in [0.25, 0.3) is 10.9 Å². The second kappa shape index (κ2) is 5.49. The van der Waals surface area contributed by atoms with E-state index < -0.39 is 0 Å². The van der Waals surface area contributed by atoms with E-state index in [0.29, 0.717) is 6.04 Å². The number of carbonyl (C=O) groups excluding carboxylic acids is 1. The zero-order valence-electron chi connectivity index (χ0n) is 11.6. The smallest absolute Gasteiger partial charge is 0.319 e. The zero-order chi connectivity index (χ0) is 13.9. The molecule has 2 amide bonds. The van der Waals surface area contributed by atoms with Crippen LogP contribution >= 0.6 is 0 Å². The molecule has 20 heavy (non-hydrogen) atoms. The molecule has 0 atom stereocenters. The predicted octanol–water partition coefficient (Wildman–Crippen LogP) is 3.61. The van der Waals surface area contributed by atoms with E-state index in [1.807, 2.05) is 37.3 Å². The van der Waals surface area contributed by atoms with Crippen LogP contribution in [0.1, 0.15) is 31.4 Å². The van der Waals surface area contributed by atoms with Crippen molar-refractivity contribution in [3.8, 4) is 0 Å². The van der Waals surface area contributed by atoms with E-state index in [-0.39, 0.29) is 6.03 Å². The number of benzene rings is 1. The van der Waals surface area contributed by atoms with Gasteiger partial charge in [0.05, 0.1) is 11.2 Å². The average Bonchev–Trinajstić information content (AvgIpc) is 2.91. The minimum Gasteiger partial charge on any atom is -0.335 e. The maximum absolute atomic E-state index is 12.1. The van der Waals surface area contributed by atoms with Gasteiger partial charge in [-0.3, -0.25) is 4.98 Å². The molecule has 1 saturated carbocycles. The van der Waals surface area contributed by atoms with E-state index >= 15 is 0 Å². The summed E-state index contributed by atoms with van der Waals surface area (Å²) in [5, 5.41) is 6.98. The van der Waals surface area contributed by atoms with E-state index in [4.69, 9.17) is 0 Å². The molecule has 1 aromatic carbocycles. The van der Waals surface area contributed by atoms with Gasteiger partial charge in [-0.25, -0.2) is 4.79 Å². The predicted molar refractivity (Wildman–Crippen MR) is 80.9 cm³/mol. The molecule has 4 nitrogen and oxygen atoms in total. The van der Waals surface area contributed by atoms with Gasteiger partial charge >= 0.3 is 6.03 Å². The molecule has 1 aromatic heterocycles. The molecular weight excluding hydrogens is 250 g/mol. The largest absolute Gasteiger partial charge is 0.335 e. The monoisotopic (exact) mass is 269 g/mol. The number of rotatable bonds is 2. The minimum atomic E-state index is -0.118. The van der Waals surface area contributed by atoms with Gasteiger partial charge in [-0.05, 0) is 31.9 Å². The van der Waals surface area contributed by atoms with Crippen molar-refractivity contribution in [1.29, 1.82) is 0 Å². The van der Waals surface area contributed by atoms with Crippen molar-refractivity contribution in [1.82, 2.24) is 10.3 Å². The number of para-hydroxylation sites is 1. The van der Waals surface area contributed by atoms with Gasteiger partial charge in [0.1, 0.15) is 0 Å². The fourth-order valence-corrected chi connectivity index (χ4v) is 2.83. The molecule has 2 aromatic rings. The third kappa shape index (κ3) is 2.74. The number of aromatic nitrogens is 1. The molecule has 2 N–H and O–H groups in total. The lowest BCUT2D eigenvalue weighted by Gasteiger charge is -2.14. The summed E-state index contributed by atoms with van der Waals surface area (Å²) in [5.74, 6) is 0. The second-order valence-electron chi connectivity index (χ2n) is 5.41. The van der Waals surface area contributed by atoms with Gasteiger partial charge in [-0.2, -0.15) is 0 Å². The topological polar surface area (TPSA) is 54.0 Å². The standard InChI is InChI=1S/C16H19N3O/c1-11-10-15(13-8-4-5-9-14(13)17-11)19-16(20)18-12-6-2-3-7-12/h4-5,8-10,12H,2-3,6-7H2,1H3,(H2,17,18,19,20). The first kappa shape index (κ1) is 12.9. The molecule has 104 valence electrons. The third-order valence-electron chi connectivity index (χ3n) is 3.78. The lowest BCUT2D eigenvalue weighted by Crippen LogP contribution is -2.36. The highest BCUT2D eigenvalue weighted by molar-refractivity contribution is 6.00. The normalized spacial score (nSPS) is 15.4. The van der Waals surface area contributed by atoms with Crippen molar-refractivity contribution in [3.63, 3.8) is 0 Å². The first-order valence-corrected chi connectivity index (χ1v) is 7.16. The summed E-state index contributed by atoms with van der Waals surface area (Å²) in [7, 11) is 0. The summed E-state index contributed by atoms with van der Waals surface area (Å²) in [6.45, 7) is 1.94. The summed E-state index contributed by atoms with van der Waals surface area (Å²) in [4.78, 5) is 16.6. The number of carbonyl (C=O) groups is 1. The summed E-state index contributed by atoms with van der Waals surface area (Å²) < 4.78 is 0. The molecule has 1 aliphatic carbocycles. The van der Waals surface area contributed by atoms with Crippen LogP contribution in [0.5, 0.6) is 0 Å². The Labute approximate surface area is 118 Å². The van der Waals surface area contributed by atoms with Crippen LogP contribution in [-0.4, -0.2) is 17.1 Å². The van der Waals surface area contributed by atoms with Crippen molar-refractivity contribution in [2.24, 2.45) is 0 Å². The fourth-order valence-electron chi connectivity index (χ4n) is 2.83. The minimum absolute atomic E-state index is 0.118. The van der Waals surface area contributed by atoms with Gasteiger partial charge in [0.25, 0.3) is 0 Å². The molecule has 0 radical (unpaired) electrons. The lowest BCUT2D eigenvalue weighted by atomic mass is 10.1. The Balaban J connectivity index is 1.81. The highest BCUT2D eigenvalue weighted by atomic mass is 16.2. The molecule has 1 aliphatic rings. The van der Waals surface area contributed by atoms with E-state index in [0.717, 1.165) is 35.1 Å². The molecule has 0 bridgehead atoms. The number of hydrogen-bond acceptors (Lipinski definition) is 2. The Morgan fingerprint density at radius 2 is 2.00 bits per heavy atom. The van der Waals surface area contributed by atoms with Crippen LogP contribution in [0.15, 0.2) is 30.3 Å². The van der Waals surface area contributed by atoms with Gasteiger partial charge in [-0.15, -0.1) is 0 Å². The van der Waals surface area contributed by atoms with E-state index in [1.165, 1.54) is 12.8 Å². The number of aryl methyl sites for hydroxylation is 1.